The Morgan fingerprint density at radius 2 is 0.806 bits per heavy atom. The molecule has 2 heterocycles. The lowest BCUT2D eigenvalue weighted by atomic mass is 9.99. The SMILES string of the molecule is c1ccc(N(c2ccccc2)c2ccc(N(c3ccccc3)c3ccc4cc(-c5ccc6c(c5)c5ccc7c8ccccc8sc7c5n6-c5ccccc5)ccc4c3)cc2)cc1. The van der Waals surface area contributed by atoms with Gasteiger partial charge in [0, 0.05) is 66.1 Å². The first kappa shape index (κ1) is 36.0. The molecule has 0 aliphatic rings. The Balaban J connectivity index is 0.932. The molecule has 3 nitrogen and oxygen atoms in total. The fraction of sp³-hybridized carbons (Fsp3) is 0. The molecule has 0 bridgehead atoms. The largest absolute Gasteiger partial charge is 0.311 e. The maximum atomic E-state index is 2.46. The third kappa shape index (κ3) is 6.11. The van der Waals surface area contributed by atoms with Crippen molar-refractivity contribution in [2.45, 2.75) is 0 Å². The fourth-order valence-corrected chi connectivity index (χ4v) is 10.5. The number of anilines is 6. The van der Waals surface area contributed by atoms with Crippen molar-refractivity contribution in [3.05, 3.63) is 237 Å². The smallest absolute Gasteiger partial charge is 0.0719 e. The number of fused-ring (bicyclic) bond motifs is 8. The minimum Gasteiger partial charge on any atom is -0.311 e. The summed E-state index contributed by atoms with van der Waals surface area (Å²) in [6, 6.07) is 85.6. The molecular formula is C58H39N3S. The highest BCUT2D eigenvalue weighted by Crippen LogP contribution is 2.45. The zero-order valence-electron chi connectivity index (χ0n) is 33.8. The van der Waals surface area contributed by atoms with Crippen LogP contribution in [-0.2, 0) is 0 Å². The molecule has 0 fully saturated rings. The van der Waals surface area contributed by atoms with Crippen molar-refractivity contribution >= 4 is 98.2 Å². The maximum absolute atomic E-state index is 2.46. The second-order valence-corrected chi connectivity index (χ2v) is 16.8. The number of para-hydroxylation sites is 4. The minimum absolute atomic E-state index is 1.09. The summed E-state index contributed by atoms with van der Waals surface area (Å²) >= 11 is 1.89. The lowest BCUT2D eigenvalue weighted by molar-refractivity contribution is 1.19. The molecule has 12 aromatic rings. The van der Waals surface area contributed by atoms with E-state index in [9.17, 15) is 0 Å². The van der Waals surface area contributed by atoms with Gasteiger partial charge in [-0.05, 0) is 131 Å². The quantitative estimate of drug-likeness (QED) is 0.151. The first-order valence-corrected chi connectivity index (χ1v) is 21.9. The van der Waals surface area contributed by atoms with Gasteiger partial charge in [0.25, 0.3) is 0 Å². The maximum Gasteiger partial charge on any atom is 0.0719 e. The van der Waals surface area contributed by atoms with Crippen LogP contribution in [0.15, 0.2) is 237 Å². The molecule has 0 unspecified atom stereocenters. The number of hydrogen-bond donors (Lipinski definition) is 0. The van der Waals surface area contributed by atoms with Gasteiger partial charge >= 0.3 is 0 Å². The molecule has 4 heteroatoms. The topological polar surface area (TPSA) is 11.4 Å². The van der Waals surface area contributed by atoms with Crippen molar-refractivity contribution < 1.29 is 0 Å². The Bertz CT molecular complexity index is 3520. The monoisotopic (exact) mass is 809 g/mol. The summed E-state index contributed by atoms with van der Waals surface area (Å²) in [5.41, 5.74) is 12.7. The fourth-order valence-electron chi connectivity index (χ4n) is 9.23. The van der Waals surface area contributed by atoms with Crippen molar-refractivity contribution in [3.8, 4) is 16.8 Å². The first-order chi connectivity index (χ1) is 30.7. The lowest BCUT2D eigenvalue weighted by Crippen LogP contribution is -2.12. The summed E-state index contributed by atoms with van der Waals surface area (Å²) in [6.45, 7) is 0. The predicted molar refractivity (Wildman–Crippen MR) is 266 cm³/mol. The molecule has 0 N–H and O–H groups in total. The van der Waals surface area contributed by atoms with Gasteiger partial charge < -0.3 is 14.4 Å². The van der Waals surface area contributed by atoms with Gasteiger partial charge in [-0.25, -0.2) is 0 Å². The Kier molecular flexibility index (Phi) is 8.68. The van der Waals surface area contributed by atoms with Gasteiger partial charge in [-0.1, -0.05) is 127 Å². The molecular weight excluding hydrogens is 771 g/mol. The van der Waals surface area contributed by atoms with Crippen LogP contribution in [0.3, 0.4) is 0 Å². The van der Waals surface area contributed by atoms with Crippen LogP contribution >= 0.6 is 11.3 Å². The second kappa shape index (κ2) is 15.0. The molecule has 0 aliphatic heterocycles. The van der Waals surface area contributed by atoms with Crippen LogP contribution in [0.25, 0.3) is 69.6 Å². The minimum atomic E-state index is 1.09. The van der Waals surface area contributed by atoms with E-state index < -0.39 is 0 Å². The highest BCUT2D eigenvalue weighted by Gasteiger charge is 2.20. The van der Waals surface area contributed by atoms with Crippen LogP contribution in [-0.4, -0.2) is 4.57 Å². The van der Waals surface area contributed by atoms with Crippen LogP contribution in [0.2, 0.25) is 0 Å². The molecule has 0 saturated heterocycles. The summed E-state index contributed by atoms with van der Waals surface area (Å²) in [4.78, 5) is 4.64. The van der Waals surface area contributed by atoms with E-state index in [0.717, 1.165) is 34.1 Å². The van der Waals surface area contributed by atoms with Gasteiger partial charge in [-0.15, -0.1) is 11.3 Å². The van der Waals surface area contributed by atoms with Crippen LogP contribution < -0.4 is 9.80 Å². The molecule has 0 spiro atoms. The highest BCUT2D eigenvalue weighted by molar-refractivity contribution is 7.26. The Morgan fingerprint density at radius 3 is 1.47 bits per heavy atom. The molecule has 0 atom stereocenters. The molecule has 292 valence electrons. The number of hydrogen-bond acceptors (Lipinski definition) is 3. The average molecular weight is 810 g/mol. The third-order valence-corrected chi connectivity index (χ3v) is 13.3. The first-order valence-electron chi connectivity index (χ1n) is 21.1. The average Bonchev–Trinajstić information content (AvgIpc) is 3.89. The van der Waals surface area contributed by atoms with E-state index in [1.807, 2.05) is 11.3 Å². The van der Waals surface area contributed by atoms with E-state index in [1.54, 1.807) is 0 Å². The van der Waals surface area contributed by atoms with Gasteiger partial charge in [-0.2, -0.15) is 0 Å². The predicted octanol–water partition coefficient (Wildman–Crippen LogP) is 16.9. The Hall–Kier alpha value is -7.92. The van der Waals surface area contributed by atoms with Crippen LogP contribution in [0.1, 0.15) is 0 Å². The third-order valence-electron chi connectivity index (χ3n) is 12.1. The number of thiophene rings is 1. The molecule has 0 aliphatic carbocycles. The highest BCUT2D eigenvalue weighted by atomic mass is 32.1. The zero-order chi connectivity index (χ0) is 41.0. The normalized spacial score (nSPS) is 11.5. The number of benzene rings is 10. The number of aromatic nitrogens is 1. The van der Waals surface area contributed by atoms with Crippen molar-refractivity contribution in [3.63, 3.8) is 0 Å². The van der Waals surface area contributed by atoms with Crippen molar-refractivity contribution in [2.24, 2.45) is 0 Å². The van der Waals surface area contributed by atoms with E-state index >= 15 is 0 Å². The summed E-state index contributed by atoms with van der Waals surface area (Å²) in [7, 11) is 0. The van der Waals surface area contributed by atoms with Gasteiger partial charge in [0.05, 0.1) is 15.7 Å². The van der Waals surface area contributed by atoms with Gasteiger partial charge in [0.1, 0.15) is 0 Å². The van der Waals surface area contributed by atoms with Crippen LogP contribution in [0.5, 0.6) is 0 Å². The summed E-state index contributed by atoms with van der Waals surface area (Å²) in [5, 5.41) is 7.56. The van der Waals surface area contributed by atoms with E-state index in [2.05, 4.69) is 251 Å². The lowest BCUT2D eigenvalue weighted by Gasteiger charge is -2.28. The van der Waals surface area contributed by atoms with Crippen LogP contribution in [0.4, 0.5) is 34.1 Å². The molecule has 10 aromatic carbocycles. The molecule has 12 rings (SSSR count). The molecule has 0 radical (unpaired) electrons. The second-order valence-electron chi connectivity index (χ2n) is 15.8. The molecule has 0 saturated carbocycles. The Morgan fingerprint density at radius 1 is 0.323 bits per heavy atom. The van der Waals surface area contributed by atoms with Crippen molar-refractivity contribution in [1.82, 2.24) is 4.57 Å². The van der Waals surface area contributed by atoms with E-state index in [1.165, 1.54) is 69.6 Å². The van der Waals surface area contributed by atoms with E-state index in [4.69, 9.17) is 0 Å². The van der Waals surface area contributed by atoms with Gasteiger partial charge in [-0.3, -0.25) is 0 Å². The standard InChI is InChI=1S/C58H39N3S/c1-5-15-44(16-6-1)59(45-17-7-2-8-18-45)48-30-32-49(33-31-48)60(46-19-9-3-10-20-46)50-29-27-41-37-40(25-26-42(41)38-50)43-28-36-55-54(39-43)52-34-35-53-51-23-13-14-24-56(51)62-58(53)57(52)61(55)47-21-11-4-12-22-47/h1-39H. The van der Waals surface area contributed by atoms with Gasteiger partial charge in [0.15, 0.2) is 0 Å². The van der Waals surface area contributed by atoms with Crippen molar-refractivity contribution in [2.75, 3.05) is 9.80 Å². The van der Waals surface area contributed by atoms with E-state index in [0.29, 0.717) is 0 Å². The van der Waals surface area contributed by atoms with Gasteiger partial charge in [0.2, 0.25) is 0 Å². The van der Waals surface area contributed by atoms with E-state index in [-0.39, 0.29) is 0 Å². The molecule has 0 amide bonds. The zero-order valence-corrected chi connectivity index (χ0v) is 34.6. The van der Waals surface area contributed by atoms with Crippen molar-refractivity contribution in [1.29, 1.82) is 0 Å². The number of rotatable bonds is 8. The summed E-state index contributed by atoms with van der Waals surface area (Å²) < 4.78 is 5.11. The van der Waals surface area contributed by atoms with Crippen LogP contribution in [0, 0.1) is 0 Å². The molecule has 62 heavy (non-hydrogen) atoms. The number of nitrogens with zero attached hydrogens (tertiary/aromatic N) is 3. The Labute approximate surface area is 364 Å². The molecule has 2 aromatic heterocycles. The summed E-state index contributed by atoms with van der Waals surface area (Å²) in [6.07, 6.45) is 0. The summed E-state index contributed by atoms with van der Waals surface area (Å²) in [5.74, 6) is 0.